The molecule has 7 heteroatoms. The number of hydrogen-bond donors (Lipinski definition) is 2. The van der Waals surface area contributed by atoms with Crippen molar-refractivity contribution in [2.45, 2.75) is 45.6 Å². The smallest absolute Gasteiger partial charge is 0.218 e. The Kier molecular flexibility index (Phi) is 4.89. The molecule has 1 aromatic carbocycles. The zero-order chi connectivity index (χ0) is 18.3. The molecule has 0 radical (unpaired) electrons. The van der Waals surface area contributed by atoms with Crippen LogP contribution in [0.5, 0.6) is 0 Å². The van der Waals surface area contributed by atoms with E-state index in [4.69, 9.17) is 5.73 Å². The number of nitrogens with two attached hydrogens (primary N) is 1. The molecule has 0 fully saturated rings. The fraction of sp³-hybridized carbons (Fsp3) is 0.412. The van der Waals surface area contributed by atoms with Gasteiger partial charge in [-0.15, -0.1) is 0 Å². The first-order valence-electron chi connectivity index (χ1n) is 8.10. The first-order chi connectivity index (χ1) is 10.9. The molecule has 1 aromatic rings. The van der Waals surface area contributed by atoms with Crippen LogP contribution in [0.3, 0.4) is 0 Å². The van der Waals surface area contributed by atoms with Gasteiger partial charge >= 0.3 is 0 Å². The SMILES string of the molecule is C[Si](C)(C)C1=C(N)C(C(=O)c2ccccc2)=NC(O)N1[Si](C)(C)C. The average molecular weight is 362 g/mol. The number of ketones is 1. The summed E-state index contributed by atoms with van der Waals surface area (Å²) < 4.78 is 1.98. The van der Waals surface area contributed by atoms with Gasteiger partial charge < -0.3 is 15.4 Å². The quantitative estimate of drug-likeness (QED) is 0.638. The molecule has 0 saturated carbocycles. The number of aliphatic imine (C=N–C) groups is 1. The summed E-state index contributed by atoms with van der Waals surface area (Å²) in [5.74, 6) is -0.238. The molecule has 130 valence electrons. The van der Waals surface area contributed by atoms with Gasteiger partial charge in [-0.05, 0) is 0 Å². The van der Waals surface area contributed by atoms with Crippen molar-refractivity contribution < 1.29 is 9.90 Å². The third kappa shape index (κ3) is 3.52. The predicted octanol–water partition coefficient (Wildman–Crippen LogP) is 2.78. The summed E-state index contributed by atoms with van der Waals surface area (Å²) in [6, 6.07) is 8.95. The van der Waals surface area contributed by atoms with Crippen molar-refractivity contribution >= 4 is 27.8 Å². The number of benzene rings is 1. The highest BCUT2D eigenvalue weighted by atomic mass is 28.3. The van der Waals surface area contributed by atoms with Crippen LogP contribution in [0.25, 0.3) is 0 Å². The van der Waals surface area contributed by atoms with Crippen LogP contribution in [0.1, 0.15) is 10.4 Å². The van der Waals surface area contributed by atoms with Gasteiger partial charge in [0, 0.05) is 10.9 Å². The summed E-state index contributed by atoms with van der Waals surface area (Å²) in [5, 5.41) is 11.6. The molecule has 0 spiro atoms. The topological polar surface area (TPSA) is 78.9 Å². The van der Waals surface area contributed by atoms with E-state index in [1.807, 2.05) is 10.6 Å². The first kappa shape index (κ1) is 18.6. The Labute approximate surface area is 146 Å². The highest BCUT2D eigenvalue weighted by molar-refractivity contribution is 6.86. The molecular formula is C17H27N3O2Si2. The van der Waals surface area contributed by atoms with Gasteiger partial charge in [0.15, 0.2) is 8.24 Å². The number of allylic oxidation sites excluding steroid dienone is 1. The molecule has 0 aromatic heterocycles. The lowest BCUT2D eigenvalue weighted by Gasteiger charge is -2.47. The second-order valence-corrected chi connectivity index (χ2v) is 17.9. The third-order valence-electron chi connectivity index (χ3n) is 3.91. The van der Waals surface area contributed by atoms with Crippen LogP contribution >= 0.6 is 0 Å². The van der Waals surface area contributed by atoms with Gasteiger partial charge in [-0.25, -0.2) is 4.99 Å². The molecule has 2 rings (SSSR count). The van der Waals surface area contributed by atoms with E-state index in [1.165, 1.54) is 0 Å². The number of hydrogen-bond acceptors (Lipinski definition) is 5. The molecule has 0 bridgehead atoms. The number of aliphatic hydroxyl groups excluding tert-OH is 1. The van der Waals surface area contributed by atoms with E-state index in [-0.39, 0.29) is 11.5 Å². The van der Waals surface area contributed by atoms with Crippen LogP contribution in [-0.4, -0.2) is 43.8 Å². The molecule has 1 atom stereocenters. The number of carbonyl (C=O) groups is 1. The van der Waals surface area contributed by atoms with Crippen LogP contribution in [0.2, 0.25) is 39.3 Å². The zero-order valence-electron chi connectivity index (χ0n) is 15.3. The summed E-state index contributed by atoms with van der Waals surface area (Å²) in [6.45, 7) is 12.9. The van der Waals surface area contributed by atoms with Crippen LogP contribution < -0.4 is 5.73 Å². The molecule has 0 aliphatic carbocycles. The van der Waals surface area contributed by atoms with E-state index in [0.29, 0.717) is 11.3 Å². The lowest BCUT2D eigenvalue weighted by molar-refractivity contribution is 0.0842. The second kappa shape index (κ2) is 6.31. The van der Waals surface area contributed by atoms with E-state index in [2.05, 4.69) is 44.3 Å². The Morgan fingerprint density at radius 1 is 1.12 bits per heavy atom. The number of aliphatic hydroxyl groups is 1. The van der Waals surface area contributed by atoms with Crippen LogP contribution in [-0.2, 0) is 0 Å². The number of carbonyl (C=O) groups excluding carboxylic acids is 1. The molecule has 1 aliphatic heterocycles. The largest absolute Gasteiger partial charge is 0.396 e. The van der Waals surface area contributed by atoms with Crippen molar-refractivity contribution in [3.63, 3.8) is 0 Å². The van der Waals surface area contributed by atoms with Gasteiger partial charge in [-0.2, -0.15) is 0 Å². The first-order valence-corrected chi connectivity index (χ1v) is 15.0. The molecule has 24 heavy (non-hydrogen) atoms. The summed E-state index contributed by atoms with van der Waals surface area (Å²) >= 11 is 0. The van der Waals surface area contributed by atoms with Gasteiger partial charge in [0.1, 0.15) is 5.71 Å². The van der Waals surface area contributed by atoms with Crippen molar-refractivity contribution in [3.8, 4) is 0 Å². The highest BCUT2D eigenvalue weighted by Crippen LogP contribution is 2.32. The molecule has 0 saturated heterocycles. The number of nitrogens with zero attached hydrogens (tertiary/aromatic N) is 2. The fourth-order valence-electron chi connectivity index (χ4n) is 2.95. The summed E-state index contributed by atoms with van der Waals surface area (Å²) in [6.07, 6.45) is -1.05. The van der Waals surface area contributed by atoms with Crippen molar-refractivity contribution in [2.24, 2.45) is 10.7 Å². The Balaban J connectivity index is 2.60. The molecule has 3 N–H and O–H groups in total. The van der Waals surface area contributed by atoms with Crippen molar-refractivity contribution in [1.82, 2.24) is 4.57 Å². The standard InChI is InChI=1S/C17H27N3O2Si2/c1-23(2,3)16-13(18)14(15(21)12-10-8-7-9-11-12)19-17(22)20(16)24(4,5)6/h7-11,17,22H,18H2,1-6H3. The molecule has 1 unspecified atom stereocenters. The summed E-state index contributed by atoms with van der Waals surface area (Å²) in [4.78, 5) is 17.1. The summed E-state index contributed by atoms with van der Waals surface area (Å²) in [7, 11) is -3.82. The third-order valence-corrected chi connectivity index (χ3v) is 7.97. The van der Waals surface area contributed by atoms with Gasteiger partial charge in [-0.3, -0.25) is 4.79 Å². The van der Waals surface area contributed by atoms with Crippen LogP contribution in [0.4, 0.5) is 0 Å². The molecule has 1 heterocycles. The summed E-state index contributed by atoms with van der Waals surface area (Å²) in [5.41, 5.74) is 7.57. The van der Waals surface area contributed by atoms with Crippen molar-refractivity contribution in [1.29, 1.82) is 0 Å². The Hall–Kier alpha value is -1.71. The minimum atomic E-state index is -1.92. The molecule has 0 amide bonds. The zero-order valence-corrected chi connectivity index (χ0v) is 17.3. The van der Waals surface area contributed by atoms with Crippen molar-refractivity contribution in [2.75, 3.05) is 0 Å². The van der Waals surface area contributed by atoms with Gasteiger partial charge in [-0.1, -0.05) is 69.6 Å². The molecular weight excluding hydrogens is 334 g/mol. The average Bonchev–Trinajstić information content (AvgIpc) is 2.46. The van der Waals surface area contributed by atoms with E-state index < -0.39 is 22.7 Å². The highest BCUT2D eigenvalue weighted by Gasteiger charge is 2.42. The van der Waals surface area contributed by atoms with Gasteiger partial charge in [0.05, 0.1) is 13.8 Å². The van der Waals surface area contributed by atoms with Crippen LogP contribution in [0, 0.1) is 0 Å². The minimum absolute atomic E-state index is 0.181. The molecule has 1 aliphatic rings. The normalized spacial score (nSPS) is 19.4. The fourth-order valence-corrected chi connectivity index (χ4v) is 8.27. The van der Waals surface area contributed by atoms with Gasteiger partial charge in [0.2, 0.25) is 12.1 Å². The Morgan fingerprint density at radius 3 is 2.12 bits per heavy atom. The Bertz CT molecular complexity index is 701. The minimum Gasteiger partial charge on any atom is -0.396 e. The monoisotopic (exact) mass is 361 g/mol. The van der Waals surface area contributed by atoms with E-state index in [1.54, 1.807) is 24.3 Å². The van der Waals surface area contributed by atoms with E-state index >= 15 is 0 Å². The lowest BCUT2D eigenvalue weighted by atomic mass is 10.0. The molecule has 5 nitrogen and oxygen atoms in total. The van der Waals surface area contributed by atoms with Crippen LogP contribution in [0.15, 0.2) is 46.3 Å². The van der Waals surface area contributed by atoms with Gasteiger partial charge in [0.25, 0.3) is 0 Å². The maximum atomic E-state index is 12.8. The number of Topliss-reactive ketones (excluding diaryl/α,β-unsaturated/α-hetero) is 1. The maximum Gasteiger partial charge on any atom is 0.218 e. The Morgan fingerprint density at radius 2 is 1.67 bits per heavy atom. The van der Waals surface area contributed by atoms with Crippen molar-refractivity contribution in [3.05, 3.63) is 46.9 Å². The predicted molar refractivity (Wildman–Crippen MR) is 104 cm³/mol. The van der Waals surface area contributed by atoms with E-state index in [9.17, 15) is 9.90 Å². The lowest BCUT2D eigenvalue weighted by Crippen LogP contribution is -2.59. The number of rotatable bonds is 4. The maximum absolute atomic E-state index is 12.8. The second-order valence-electron chi connectivity index (χ2n) is 8.07. The van der Waals surface area contributed by atoms with E-state index in [0.717, 1.165) is 5.32 Å².